The molecule has 0 saturated carbocycles. The van der Waals surface area contributed by atoms with Crippen LogP contribution < -0.4 is 5.32 Å². The fraction of sp³-hybridized carbons (Fsp3) is 0.471. The summed E-state index contributed by atoms with van der Waals surface area (Å²) in [5, 5.41) is 11.9. The Morgan fingerprint density at radius 2 is 2.19 bits per heavy atom. The van der Waals surface area contributed by atoms with Crippen molar-refractivity contribution in [3.05, 3.63) is 35.4 Å². The second-order valence-corrected chi connectivity index (χ2v) is 6.48. The molecule has 0 radical (unpaired) electrons. The van der Waals surface area contributed by atoms with Crippen LogP contribution in [0.15, 0.2) is 24.3 Å². The predicted molar refractivity (Wildman–Crippen MR) is 87.1 cm³/mol. The van der Waals surface area contributed by atoms with Crippen molar-refractivity contribution in [1.82, 2.24) is 5.32 Å². The summed E-state index contributed by atoms with van der Waals surface area (Å²) in [4.78, 5) is 12.2. The van der Waals surface area contributed by atoms with E-state index in [0.29, 0.717) is 0 Å². The molecule has 0 aliphatic carbocycles. The van der Waals surface area contributed by atoms with Crippen LogP contribution in [0.1, 0.15) is 43.4 Å². The van der Waals surface area contributed by atoms with Gasteiger partial charge in [-0.2, -0.15) is 0 Å². The zero-order chi connectivity index (χ0) is 15.1. The van der Waals surface area contributed by atoms with Gasteiger partial charge in [0, 0.05) is 5.56 Å². The molecule has 2 N–H and O–H groups in total. The minimum atomic E-state index is -0.132. The molecular weight excluding hydrogens is 282 g/mol. The van der Waals surface area contributed by atoms with Gasteiger partial charge in [0.25, 0.3) is 0 Å². The van der Waals surface area contributed by atoms with Crippen molar-refractivity contribution in [2.45, 2.75) is 37.5 Å². The van der Waals surface area contributed by atoms with Crippen LogP contribution in [0.5, 0.6) is 0 Å². The van der Waals surface area contributed by atoms with Crippen LogP contribution in [0.4, 0.5) is 0 Å². The number of hydrogen-bond acceptors (Lipinski definition) is 3. The second-order valence-electron chi connectivity index (χ2n) is 5.17. The molecule has 1 heterocycles. The smallest absolute Gasteiger partial charge is 0.233 e. The van der Waals surface area contributed by atoms with Crippen LogP contribution in [-0.4, -0.2) is 28.6 Å². The molecule has 0 aromatic heterocycles. The number of benzene rings is 1. The molecule has 1 aliphatic rings. The van der Waals surface area contributed by atoms with Gasteiger partial charge in [0.1, 0.15) is 6.61 Å². The van der Waals surface area contributed by atoms with Crippen molar-refractivity contribution in [2.24, 2.45) is 0 Å². The summed E-state index contributed by atoms with van der Waals surface area (Å²) >= 11 is 1.77. The highest BCUT2D eigenvalue weighted by Crippen LogP contribution is 2.26. The number of nitrogens with one attached hydrogen (secondary N) is 1. The Bertz CT molecular complexity index is 524. The van der Waals surface area contributed by atoms with E-state index in [0.717, 1.165) is 29.7 Å². The van der Waals surface area contributed by atoms with Crippen LogP contribution in [-0.2, 0) is 4.79 Å². The van der Waals surface area contributed by atoms with Crippen LogP contribution >= 0.6 is 11.8 Å². The first-order valence-corrected chi connectivity index (χ1v) is 8.37. The van der Waals surface area contributed by atoms with Crippen LogP contribution in [0.25, 0.3) is 0 Å². The predicted octanol–water partition coefficient (Wildman–Crippen LogP) is 2.49. The first-order chi connectivity index (χ1) is 10.2. The molecular formula is C17H21NO2S. The molecule has 1 amide bonds. The molecule has 21 heavy (non-hydrogen) atoms. The zero-order valence-corrected chi connectivity index (χ0v) is 13.1. The summed E-state index contributed by atoms with van der Waals surface area (Å²) < 4.78 is 0. The molecule has 1 aromatic carbocycles. The average molecular weight is 303 g/mol. The molecule has 2 atom stereocenters. The van der Waals surface area contributed by atoms with Crippen molar-refractivity contribution in [3.8, 4) is 11.8 Å². The summed E-state index contributed by atoms with van der Waals surface area (Å²) in [6.07, 6.45) is 3.36. The van der Waals surface area contributed by atoms with E-state index in [1.165, 1.54) is 6.42 Å². The molecule has 1 saturated heterocycles. The lowest BCUT2D eigenvalue weighted by molar-refractivity contribution is -0.121. The summed E-state index contributed by atoms with van der Waals surface area (Å²) in [6.45, 7) is 1.87. The van der Waals surface area contributed by atoms with Gasteiger partial charge in [0.2, 0.25) is 5.91 Å². The fourth-order valence-corrected chi connectivity index (χ4v) is 3.54. The molecule has 112 valence electrons. The third-order valence-electron chi connectivity index (χ3n) is 3.55. The van der Waals surface area contributed by atoms with Gasteiger partial charge in [-0.1, -0.05) is 30.4 Å². The van der Waals surface area contributed by atoms with Gasteiger partial charge >= 0.3 is 0 Å². The number of thioether (sulfide) groups is 1. The number of aliphatic hydroxyl groups is 1. The molecule has 4 heteroatoms. The van der Waals surface area contributed by atoms with Gasteiger partial charge in [-0.25, -0.2) is 0 Å². The highest BCUT2D eigenvalue weighted by Gasteiger charge is 2.23. The largest absolute Gasteiger partial charge is 0.384 e. The van der Waals surface area contributed by atoms with E-state index in [1.54, 1.807) is 11.8 Å². The number of carbonyl (C=O) groups excluding carboxylic acids is 1. The van der Waals surface area contributed by atoms with E-state index in [-0.39, 0.29) is 23.8 Å². The van der Waals surface area contributed by atoms with Crippen molar-refractivity contribution in [2.75, 3.05) is 12.4 Å². The number of amides is 1. The third-order valence-corrected chi connectivity index (χ3v) is 4.93. The number of hydrogen-bond donors (Lipinski definition) is 2. The lowest BCUT2D eigenvalue weighted by Gasteiger charge is -2.23. The van der Waals surface area contributed by atoms with Gasteiger partial charge in [-0.05, 0) is 43.2 Å². The summed E-state index contributed by atoms with van der Waals surface area (Å²) in [7, 11) is 0. The van der Waals surface area contributed by atoms with Gasteiger partial charge in [-0.15, -0.1) is 11.8 Å². The number of carbonyl (C=O) groups is 1. The third kappa shape index (κ3) is 4.80. The van der Waals surface area contributed by atoms with Crippen molar-refractivity contribution >= 4 is 17.7 Å². The van der Waals surface area contributed by atoms with Gasteiger partial charge < -0.3 is 10.4 Å². The molecule has 2 unspecified atom stereocenters. The highest BCUT2D eigenvalue weighted by molar-refractivity contribution is 8.00. The summed E-state index contributed by atoms with van der Waals surface area (Å²) in [5.74, 6) is 6.72. The minimum Gasteiger partial charge on any atom is -0.384 e. The normalized spacial score (nSPS) is 19.2. The first-order valence-electron chi connectivity index (χ1n) is 7.32. The SMILES string of the molecule is CC(NC(=O)C1CCCCS1)c1ccc(C#CCO)cc1. The Morgan fingerprint density at radius 1 is 1.43 bits per heavy atom. The van der Waals surface area contributed by atoms with Crippen LogP contribution in [0.3, 0.4) is 0 Å². The maximum Gasteiger partial charge on any atom is 0.233 e. The van der Waals surface area contributed by atoms with E-state index in [1.807, 2.05) is 31.2 Å². The van der Waals surface area contributed by atoms with E-state index in [9.17, 15) is 4.79 Å². The Balaban J connectivity index is 1.93. The number of rotatable bonds is 3. The fourth-order valence-electron chi connectivity index (χ4n) is 2.33. The van der Waals surface area contributed by atoms with Gasteiger partial charge in [0.05, 0.1) is 11.3 Å². The molecule has 0 bridgehead atoms. The van der Waals surface area contributed by atoms with Crippen molar-refractivity contribution in [3.63, 3.8) is 0 Å². The number of aliphatic hydroxyl groups excluding tert-OH is 1. The van der Waals surface area contributed by atoms with Crippen molar-refractivity contribution in [1.29, 1.82) is 0 Å². The van der Waals surface area contributed by atoms with E-state index >= 15 is 0 Å². The molecule has 3 nitrogen and oxygen atoms in total. The maximum absolute atomic E-state index is 12.2. The summed E-state index contributed by atoms with van der Waals surface area (Å²) in [6, 6.07) is 7.77. The standard InChI is InChI=1S/C17H21NO2S/c1-13(18-17(20)16-6-2-3-12-21-16)15-9-7-14(8-10-15)5-4-11-19/h7-10,13,16,19H,2-3,6,11-12H2,1H3,(H,18,20). The van der Waals surface area contributed by atoms with Gasteiger partial charge in [-0.3, -0.25) is 4.79 Å². The minimum absolute atomic E-state index is 0.000113. The maximum atomic E-state index is 12.2. The average Bonchev–Trinajstić information content (AvgIpc) is 2.54. The van der Waals surface area contributed by atoms with Crippen molar-refractivity contribution < 1.29 is 9.90 Å². The molecule has 0 spiro atoms. The quantitative estimate of drug-likeness (QED) is 0.844. The molecule has 2 rings (SSSR count). The van der Waals surface area contributed by atoms with E-state index < -0.39 is 0 Å². The molecule has 1 aliphatic heterocycles. The monoisotopic (exact) mass is 303 g/mol. The Hall–Kier alpha value is -1.44. The Kier molecular flexibility index (Phi) is 6.16. The van der Waals surface area contributed by atoms with Crippen LogP contribution in [0.2, 0.25) is 0 Å². The topological polar surface area (TPSA) is 49.3 Å². The summed E-state index contributed by atoms with van der Waals surface area (Å²) in [5.41, 5.74) is 1.94. The highest BCUT2D eigenvalue weighted by atomic mass is 32.2. The zero-order valence-electron chi connectivity index (χ0n) is 12.3. The van der Waals surface area contributed by atoms with E-state index in [2.05, 4.69) is 17.2 Å². The van der Waals surface area contributed by atoms with Gasteiger partial charge in [0.15, 0.2) is 0 Å². The lowest BCUT2D eigenvalue weighted by Crippen LogP contribution is -2.35. The Morgan fingerprint density at radius 3 is 2.81 bits per heavy atom. The Labute approximate surface area is 130 Å². The van der Waals surface area contributed by atoms with E-state index in [4.69, 9.17) is 5.11 Å². The molecule has 1 aromatic rings. The molecule has 1 fully saturated rings. The first kappa shape index (κ1) is 15.9. The second kappa shape index (κ2) is 8.11. The van der Waals surface area contributed by atoms with Crippen LogP contribution in [0, 0.1) is 11.8 Å². The lowest BCUT2D eigenvalue weighted by atomic mass is 10.1.